The number of aryl methyl sites for hydroxylation is 3. The van der Waals surface area contributed by atoms with Gasteiger partial charge in [0.1, 0.15) is 6.20 Å². The van der Waals surface area contributed by atoms with Crippen LogP contribution in [0.1, 0.15) is 22.5 Å². The number of hydrazone groups is 1. The molecule has 0 bridgehead atoms. The molecule has 1 heterocycles. The van der Waals surface area contributed by atoms with Gasteiger partial charge in [-0.3, -0.25) is 4.79 Å². The second kappa shape index (κ2) is 6.82. The predicted molar refractivity (Wildman–Crippen MR) is 85.3 cm³/mol. The van der Waals surface area contributed by atoms with Gasteiger partial charge in [-0.1, -0.05) is 23.8 Å². The first-order valence-electron chi connectivity index (χ1n) is 6.94. The number of nitrogens with one attached hydrogen (secondary N) is 1. The van der Waals surface area contributed by atoms with Gasteiger partial charge in [-0.15, -0.1) is 0 Å². The van der Waals surface area contributed by atoms with E-state index in [1.807, 2.05) is 32.0 Å². The molecule has 0 aliphatic rings. The van der Waals surface area contributed by atoms with Gasteiger partial charge in [0, 0.05) is 6.92 Å². The zero-order valence-electron chi connectivity index (χ0n) is 13.1. The summed E-state index contributed by atoms with van der Waals surface area (Å²) in [5, 5.41) is 14.8. The summed E-state index contributed by atoms with van der Waals surface area (Å²) in [6, 6.07) is 5.92. The maximum atomic E-state index is 11.9. The molecule has 0 aliphatic carbocycles. The van der Waals surface area contributed by atoms with Crippen molar-refractivity contribution in [3.63, 3.8) is 0 Å². The molecule has 0 atom stereocenters. The molecule has 1 amide bonds. The van der Waals surface area contributed by atoms with E-state index in [2.05, 4.69) is 15.5 Å². The summed E-state index contributed by atoms with van der Waals surface area (Å²) >= 11 is 0. The molecular formula is C15H17N5O3. The third-order valence-corrected chi connectivity index (χ3v) is 3.35. The number of nitro groups is 1. The average Bonchev–Trinajstić information content (AvgIpc) is 2.84. The van der Waals surface area contributed by atoms with Crippen LogP contribution in [-0.2, 0) is 11.3 Å². The monoisotopic (exact) mass is 315 g/mol. The summed E-state index contributed by atoms with van der Waals surface area (Å²) in [6.45, 7) is 5.29. The van der Waals surface area contributed by atoms with E-state index in [9.17, 15) is 14.9 Å². The molecule has 0 radical (unpaired) electrons. The quantitative estimate of drug-likeness (QED) is 0.517. The smallest absolute Gasteiger partial charge is 0.343 e. The van der Waals surface area contributed by atoms with E-state index in [0.29, 0.717) is 5.82 Å². The van der Waals surface area contributed by atoms with Crippen molar-refractivity contribution in [2.45, 2.75) is 27.3 Å². The zero-order valence-corrected chi connectivity index (χ0v) is 13.1. The summed E-state index contributed by atoms with van der Waals surface area (Å²) in [5.74, 6) is -0.294. The Morgan fingerprint density at radius 3 is 2.87 bits per heavy atom. The first-order valence-corrected chi connectivity index (χ1v) is 6.94. The Hall–Kier alpha value is -3.03. The van der Waals surface area contributed by atoms with Gasteiger partial charge in [0.25, 0.3) is 5.91 Å². The molecule has 0 unspecified atom stereocenters. The Morgan fingerprint density at radius 2 is 2.17 bits per heavy atom. The Bertz CT molecular complexity index is 779. The molecule has 2 rings (SSSR count). The van der Waals surface area contributed by atoms with Crippen LogP contribution in [-0.4, -0.2) is 26.6 Å². The third kappa shape index (κ3) is 4.00. The Labute approximate surface area is 133 Å². The molecule has 2 aromatic rings. The van der Waals surface area contributed by atoms with Crippen LogP contribution in [0.25, 0.3) is 0 Å². The SMILES string of the molecule is Cc1ccc(C)c(/C=N/NC(=O)Cn2c([N+](=O)[O-])cnc2C)c1. The highest BCUT2D eigenvalue weighted by Gasteiger charge is 2.19. The van der Waals surface area contributed by atoms with Crippen LogP contribution in [0.3, 0.4) is 0 Å². The standard InChI is InChI=1S/C15H17N5O3/c1-10-4-5-11(2)13(6-10)7-17-18-14(21)9-19-12(3)16-8-15(19)20(22)23/h4-8H,9H2,1-3H3,(H,18,21)/b17-7+. The van der Waals surface area contributed by atoms with Crippen molar-refractivity contribution < 1.29 is 9.72 Å². The van der Waals surface area contributed by atoms with Gasteiger partial charge in [-0.2, -0.15) is 5.10 Å². The summed E-state index contributed by atoms with van der Waals surface area (Å²) in [7, 11) is 0. The van der Waals surface area contributed by atoms with Crippen LogP contribution in [0, 0.1) is 30.9 Å². The number of imidazole rings is 1. The third-order valence-electron chi connectivity index (χ3n) is 3.35. The van der Waals surface area contributed by atoms with Crippen molar-refractivity contribution in [1.29, 1.82) is 0 Å². The maximum Gasteiger partial charge on any atom is 0.343 e. The fraction of sp³-hybridized carbons (Fsp3) is 0.267. The first kappa shape index (κ1) is 16.3. The zero-order chi connectivity index (χ0) is 17.0. The summed E-state index contributed by atoms with van der Waals surface area (Å²) < 4.78 is 1.22. The molecule has 1 aromatic heterocycles. The highest BCUT2D eigenvalue weighted by atomic mass is 16.6. The number of carbonyl (C=O) groups excluding carboxylic acids is 1. The Kier molecular flexibility index (Phi) is 4.85. The minimum absolute atomic E-state index is 0.216. The van der Waals surface area contributed by atoms with Crippen molar-refractivity contribution in [3.05, 3.63) is 57.0 Å². The van der Waals surface area contributed by atoms with Crippen molar-refractivity contribution in [3.8, 4) is 0 Å². The fourth-order valence-electron chi connectivity index (χ4n) is 2.05. The molecule has 0 saturated heterocycles. The number of carbonyl (C=O) groups is 1. The van der Waals surface area contributed by atoms with Gasteiger partial charge in [0.05, 0.1) is 6.21 Å². The van der Waals surface area contributed by atoms with Gasteiger partial charge in [-0.25, -0.2) is 15.0 Å². The van der Waals surface area contributed by atoms with Crippen molar-refractivity contribution in [1.82, 2.24) is 15.0 Å². The van der Waals surface area contributed by atoms with E-state index in [1.165, 1.54) is 4.57 Å². The summed E-state index contributed by atoms with van der Waals surface area (Å²) in [5.41, 5.74) is 5.39. The number of amides is 1. The largest absolute Gasteiger partial charge is 0.358 e. The molecule has 1 N–H and O–H groups in total. The minimum atomic E-state index is -0.577. The van der Waals surface area contributed by atoms with Crippen LogP contribution in [0.5, 0.6) is 0 Å². The molecule has 120 valence electrons. The highest BCUT2D eigenvalue weighted by molar-refractivity contribution is 5.84. The molecule has 23 heavy (non-hydrogen) atoms. The van der Waals surface area contributed by atoms with Gasteiger partial charge in [0.15, 0.2) is 12.4 Å². The van der Waals surface area contributed by atoms with Crippen LogP contribution in [0.2, 0.25) is 0 Å². The van der Waals surface area contributed by atoms with Crippen LogP contribution in [0.4, 0.5) is 5.82 Å². The van der Waals surface area contributed by atoms with E-state index in [0.717, 1.165) is 22.9 Å². The van der Waals surface area contributed by atoms with Gasteiger partial charge in [0.2, 0.25) is 0 Å². The number of aromatic nitrogens is 2. The van der Waals surface area contributed by atoms with Gasteiger partial charge in [-0.05, 0) is 29.9 Å². The maximum absolute atomic E-state index is 11.9. The molecule has 0 fully saturated rings. The molecule has 0 spiro atoms. The first-order chi connectivity index (χ1) is 10.9. The second-order valence-corrected chi connectivity index (χ2v) is 5.16. The van der Waals surface area contributed by atoms with Gasteiger partial charge >= 0.3 is 5.82 Å². The lowest BCUT2D eigenvalue weighted by Gasteiger charge is -2.03. The molecule has 0 saturated carbocycles. The number of nitrogens with zero attached hydrogens (tertiary/aromatic N) is 4. The second-order valence-electron chi connectivity index (χ2n) is 5.16. The molecule has 0 aliphatic heterocycles. The lowest BCUT2D eigenvalue weighted by Crippen LogP contribution is -2.24. The van der Waals surface area contributed by atoms with Crippen LogP contribution in [0.15, 0.2) is 29.5 Å². The predicted octanol–water partition coefficient (Wildman–Crippen LogP) is 1.87. The topological polar surface area (TPSA) is 102 Å². The number of rotatable bonds is 5. The Balaban J connectivity index is 2.03. The minimum Gasteiger partial charge on any atom is -0.358 e. The number of benzene rings is 1. The van der Waals surface area contributed by atoms with E-state index in [-0.39, 0.29) is 12.4 Å². The normalized spacial score (nSPS) is 10.9. The van der Waals surface area contributed by atoms with Gasteiger partial charge < -0.3 is 10.1 Å². The molecule has 8 nitrogen and oxygen atoms in total. The molecule has 1 aromatic carbocycles. The summed E-state index contributed by atoms with van der Waals surface area (Å²) in [6.07, 6.45) is 2.68. The van der Waals surface area contributed by atoms with E-state index in [1.54, 1.807) is 13.1 Å². The molecular weight excluding hydrogens is 298 g/mol. The number of hydrogen-bond acceptors (Lipinski definition) is 5. The average molecular weight is 315 g/mol. The van der Waals surface area contributed by atoms with E-state index < -0.39 is 10.8 Å². The fourth-order valence-corrected chi connectivity index (χ4v) is 2.05. The van der Waals surface area contributed by atoms with E-state index in [4.69, 9.17) is 0 Å². The van der Waals surface area contributed by atoms with Crippen molar-refractivity contribution in [2.24, 2.45) is 5.10 Å². The highest BCUT2D eigenvalue weighted by Crippen LogP contribution is 2.13. The van der Waals surface area contributed by atoms with Crippen molar-refractivity contribution >= 4 is 17.9 Å². The number of hydrogen-bond donors (Lipinski definition) is 1. The lowest BCUT2D eigenvalue weighted by atomic mass is 10.1. The van der Waals surface area contributed by atoms with Crippen LogP contribution < -0.4 is 5.43 Å². The van der Waals surface area contributed by atoms with Crippen molar-refractivity contribution in [2.75, 3.05) is 0 Å². The Morgan fingerprint density at radius 1 is 1.43 bits per heavy atom. The lowest BCUT2D eigenvalue weighted by molar-refractivity contribution is -0.392. The van der Waals surface area contributed by atoms with Crippen LogP contribution >= 0.6 is 0 Å². The summed E-state index contributed by atoms with van der Waals surface area (Å²) in [4.78, 5) is 26.0. The van der Waals surface area contributed by atoms with E-state index >= 15 is 0 Å². The molecule has 8 heteroatoms.